The Kier molecular flexibility index (Phi) is 6.38. The SMILES string of the molecule is CCC(CCCSc1ccc(C)cc1)(NC)C(=O)O. The van der Waals surface area contributed by atoms with Gasteiger partial charge in [-0.3, -0.25) is 4.79 Å². The Labute approximate surface area is 119 Å². The maximum absolute atomic E-state index is 11.3. The Hall–Kier alpha value is -1.00. The number of benzene rings is 1. The van der Waals surface area contributed by atoms with E-state index in [0.29, 0.717) is 12.8 Å². The number of nitrogens with one attached hydrogen (secondary N) is 1. The summed E-state index contributed by atoms with van der Waals surface area (Å²) in [5, 5.41) is 12.3. The number of hydrogen-bond donors (Lipinski definition) is 2. The molecular weight excluding hydrogens is 258 g/mol. The van der Waals surface area contributed by atoms with Gasteiger partial charge in [-0.05, 0) is 51.1 Å². The molecule has 2 N–H and O–H groups in total. The van der Waals surface area contributed by atoms with Gasteiger partial charge in [0.1, 0.15) is 5.54 Å². The third kappa shape index (κ3) is 4.55. The van der Waals surface area contributed by atoms with E-state index in [0.717, 1.165) is 12.2 Å². The number of carbonyl (C=O) groups is 1. The largest absolute Gasteiger partial charge is 0.480 e. The van der Waals surface area contributed by atoms with Crippen molar-refractivity contribution in [3.05, 3.63) is 29.8 Å². The minimum atomic E-state index is -0.770. The third-order valence-electron chi connectivity index (χ3n) is 3.53. The summed E-state index contributed by atoms with van der Waals surface area (Å²) >= 11 is 1.78. The second-order valence-corrected chi connectivity index (χ2v) is 5.92. The van der Waals surface area contributed by atoms with E-state index in [9.17, 15) is 9.90 Å². The molecule has 0 saturated carbocycles. The maximum atomic E-state index is 11.3. The highest BCUT2D eigenvalue weighted by Gasteiger charge is 2.33. The lowest BCUT2D eigenvalue weighted by Gasteiger charge is -2.27. The van der Waals surface area contributed by atoms with E-state index < -0.39 is 11.5 Å². The molecule has 0 fully saturated rings. The highest BCUT2D eigenvalue weighted by atomic mass is 32.2. The van der Waals surface area contributed by atoms with Crippen LogP contribution in [0.15, 0.2) is 29.2 Å². The number of hydrogen-bond acceptors (Lipinski definition) is 3. The number of thioether (sulfide) groups is 1. The molecule has 0 bridgehead atoms. The number of aryl methyl sites for hydroxylation is 1. The summed E-state index contributed by atoms with van der Waals surface area (Å²) in [4.78, 5) is 12.6. The van der Waals surface area contributed by atoms with Gasteiger partial charge in [-0.25, -0.2) is 0 Å². The first-order valence-electron chi connectivity index (χ1n) is 6.66. The van der Waals surface area contributed by atoms with Crippen LogP contribution in [-0.2, 0) is 4.79 Å². The van der Waals surface area contributed by atoms with Crippen LogP contribution in [-0.4, -0.2) is 29.4 Å². The van der Waals surface area contributed by atoms with Gasteiger partial charge in [-0.1, -0.05) is 24.6 Å². The van der Waals surface area contributed by atoms with Crippen LogP contribution < -0.4 is 5.32 Å². The third-order valence-corrected chi connectivity index (χ3v) is 4.63. The van der Waals surface area contributed by atoms with Crippen molar-refractivity contribution in [1.29, 1.82) is 0 Å². The molecule has 0 amide bonds. The van der Waals surface area contributed by atoms with Crippen LogP contribution in [0.25, 0.3) is 0 Å². The fraction of sp³-hybridized carbons (Fsp3) is 0.533. The van der Waals surface area contributed by atoms with Gasteiger partial charge >= 0.3 is 5.97 Å². The van der Waals surface area contributed by atoms with Crippen LogP contribution >= 0.6 is 11.8 Å². The molecule has 1 aromatic carbocycles. The number of likely N-dealkylation sites (N-methyl/N-ethyl adjacent to an activating group) is 1. The van der Waals surface area contributed by atoms with Crippen molar-refractivity contribution in [1.82, 2.24) is 5.32 Å². The molecule has 1 atom stereocenters. The Morgan fingerprint density at radius 1 is 1.37 bits per heavy atom. The highest BCUT2D eigenvalue weighted by Crippen LogP contribution is 2.23. The second kappa shape index (κ2) is 7.56. The molecule has 3 nitrogen and oxygen atoms in total. The first kappa shape index (κ1) is 16.1. The van der Waals surface area contributed by atoms with E-state index >= 15 is 0 Å². The van der Waals surface area contributed by atoms with Gasteiger partial charge in [0.25, 0.3) is 0 Å². The summed E-state index contributed by atoms with van der Waals surface area (Å²) in [6.07, 6.45) is 2.15. The first-order chi connectivity index (χ1) is 9.04. The Morgan fingerprint density at radius 2 is 2.00 bits per heavy atom. The van der Waals surface area contributed by atoms with Gasteiger partial charge in [-0.2, -0.15) is 0 Å². The zero-order chi connectivity index (χ0) is 14.3. The normalized spacial score (nSPS) is 14.1. The average molecular weight is 281 g/mol. The molecule has 0 heterocycles. The lowest BCUT2D eigenvalue weighted by Crippen LogP contribution is -2.49. The van der Waals surface area contributed by atoms with Crippen LogP contribution in [0.4, 0.5) is 0 Å². The van der Waals surface area contributed by atoms with E-state index in [2.05, 4.69) is 36.5 Å². The second-order valence-electron chi connectivity index (χ2n) is 4.76. The van der Waals surface area contributed by atoms with Crippen molar-refractivity contribution in [2.24, 2.45) is 0 Å². The molecule has 1 unspecified atom stereocenters. The van der Waals surface area contributed by atoms with Gasteiger partial charge in [-0.15, -0.1) is 11.8 Å². The summed E-state index contributed by atoms with van der Waals surface area (Å²) in [6.45, 7) is 3.99. The number of carboxylic acid groups (broad SMARTS) is 1. The predicted octanol–water partition coefficient (Wildman–Crippen LogP) is 3.32. The molecular formula is C15H23NO2S. The van der Waals surface area contributed by atoms with Crippen LogP contribution in [0.5, 0.6) is 0 Å². The van der Waals surface area contributed by atoms with E-state index in [4.69, 9.17) is 0 Å². The average Bonchev–Trinajstić information content (AvgIpc) is 2.41. The molecule has 1 rings (SSSR count). The topological polar surface area (TPSA) is 49.3 Å². The lowest BCUT2D eigenvalue weighted by atomic mass is 9.91. The van der Waals surface area contributed by atoms with Crippen LogP contribution in [0.3, 0.4) is 0 Å². The number of rotatable bonds is 8. The molecule has 4 heteroatoms. The number of carboxylic acids is 1. The summed E-state index contributed by atoms with van der Waals surface area (Å²) < 4.78 is 0. The van der Waals surface area contributed by atoms with E-state index in [1.54, 1.807) is 18.8 Å². The van der Waals surface area contributed by atoms with E-state index in [1.807, 2.05) is 6.92 Å². The van der Waals surface area contributed by atoms with E-state index in [-0.39, 0.29) is 0 Å². The summed E-state index contributed by atoms with van der Waals surface area (Å²) in [5.41, 5.74) is 0.490. The molecule has 19 heavy (non-hydrogen) atoms. The maximum Gasteiger partial charge on any atom is 0.323 e. The first-order valence-corrected chi connectivity index (χ1v) is 7.64. The molecule has 0 aliphatic rings. The van der Waals surface area contributed by atoms with Gasteiger partial charge in [0, 0.05) is 4.90 Å². The quantitative estimate of drug-likeness (QED) is 0.567. The molecule has 0 saturated heterocycles. The minimum Gasteiger partial charge on any atom is -0.480 e. The van der Waals surface area contributed by atoms with Crippen molar-refractivity contribution in [2.45, 2.75) is 43.5 Å². The Balaban J connectivity index is 2.41. The standard InChI is InChI=1S/C15H23NO2S/c1-4-15(16-3,14(17)18)10-5-11-19-13-8-6-12(2)7-9-13/h6-9,16H,4-5,10-11H2,1-3H3,(H,17,18). The van der Waals surface area contributed by atoms with Crippen molar-refractivity contribution in [2.75, 3.05) is 12.8 Å². The summed E-state index contributed by atoms with van der Waals surface area (Å²) in [6, 6.07) is 8.43. The monoisotopic (exact) mass is 281 g/mol. The molecule has 106 valence electrons. The van der Waals surface area contributed by atoms with Crippen molar-refractivity contribution in [3.63, 3.8) is 0 Å². The minimum absolute atomic E-state index is 0.605. The predicted molar refractivity (Wildman–Crippen MR) is 80.9 cm³/mol. The van der Waals surface area contributed by atoms with Crippen molar-refractivity contribution < 1.29 is 9.90 Å². The van der Waals surface area contributed by atoms with Gasteiger partial charge in [0.2, 0.25) is 0 Å². The van der Waals surface area contributed by atoms with Crippen molar-refractivity contribution in [3.8, 4) is 0 Å². The van der Waals surface area contributed by atoms with E-state index in [1.165, 1.54) is 10.5 Å². The Bertz CT molecular complexity index is 399. The van der Waals surface area contributed by atoms with Gasteiger partial charge in [0.05, 0.1) is 0 Å². The van der Waals surface area contributed by atoms with Crippen LogP contribution in [0.1, 0.15) is 31.7 Å². The summed E-state index contributed by atoms with van der Waals surface area (Å²) in [7, 11) is 1.73. The smallest absolute Gasteiger partial charge is 0.323 e. The van der Waals surface area contributed by atoms with Gasteiger partial charge in [0.15, 0.2) is 0 Å². The zero-order valence-electron chi connectivity index (χ0n) is 11.9. The van der Waals surface area contributed by atoms with Gasteiger partial charge < -0.3 is 10.4 Å². The lowest BCUT2D eigenvalue weighted by molar-refractivity contribution is -0.145. The molecule has 1 aromatic rings. The number of aliphatic carboxylic acids is 1. The van der Waals surface area contributed by atoms with Crippen molar-refractivity contribution >= 4 is 17.7 Å². The molecule has 0 aromatic heterocycles. The molecule has 0 aliphatic carbocycles. The fourth-order valence-electron chi connectivity index (χ4n) is 2.04. The van der Waals surface area contributed by atoms with Crippen LogP contribution in [0.2, 0.25) is 0 Å². The Morgan fingerprint density at radius 3 is 2.47 bits per heavy atom. The molecule has 0 aliphatic heterocycles. The van der Waals surface area contributed by atoms with Crippen LogP contribution in [0, 0.1) is 6.92 Å². The highest BCUT2D eigenvalue weighted by molar-refractivity contribution is 7.99. The fourth-order valence-corrected chi connectivity index (χ4v) is 2.90. The zero-order valence-corrected chi connectivity index (χ0v) is 12.7. The molecule has 0 radical (unpaired) electrons. The molecule has 0 spiro atoms. The summed E-state index contributed by atoms with van der Waals surface area (Å²) in [5.74, 6) is 0.192.